The summed E-state index contributed by atoms with van der Waals surface area (Å²) in [7, 11) is 1.53. The maximum absolute atomic E-state index is 10.9. The van der Waals surface area contributed by atoms with Gasteiger partial charge in [0.2, 0.25) is 6.29 Å². The first-order chi connectivity index (χ1) is 19.2. The van der Waals surface area contributed by atoms with E-state index in [2.05, 4.69) is 4.90 Å². The molecule has 0 radical (unpaired) electrons. The zero-order valence-electron chi connectivity index (χ0n) is 22.0. The van der Waals surface area contributed by atoms with Crippen LogP contribution in [-0.4, -0.2) is 80.4 Å². The van der Waals surface area contributed by atoms with E-state index in [1.54, 1.807) is 30.3 Å². The van der Waals surface area contributed by atoms with Crippen LogP contribution in [0.5, 0.6) is 28.7 Å². The van der Waals surface area contributed by atoms with Crippen LogP contribution in [-0.2, 0) is 24.0 Å². The number of benzene rings is 3. The molecule has 40 heavy (non-hydrogen) atoms. The molecule has 0 saturated carbocycles. The van der Waals surface area contributed by atoms with Gasteiger partial charge in [-0.05, 0) is 83.5 Å². The minimum atomic E-state index is -1.50. The molecule has 0 spiro atoms. The number of nitrogens with zero attached hydrogens (tertiary/aromatic N) is 1. The molecular formula is C30H33NO9. The molecule has 0 aliphatic carbocycles. The van der Waals surface area contributed by atoms with E-state index < -0.39 is 24.6 Å². The third-order valence-electron chi connectivity index (χ3n) is 8.30. The molecule has 3 aromatic carbocycles. The van der Waals surface area contributed by atoms with Gasteiger partial charge in [0.25, 0.3) is 0 Å². The minimum Gasteiger partial charge on any atom is -0.508 e. The Bertz CT molecular complexity index is 1390. The third-order valence-corrected chi connectivity index (χ3v) is 8.30. The van der Waals surface area contributed by atoms with Crippen molar-refractivity contribution in [2.24, 2.45) is 0 Å². The van der Waals surface area contributed by atoms with E-state index in [1.807, 2.05) is 18.2 Å². The average Bonchev–Trinajstić information content (AvgIpc) is 2.94. The predicted molar refractivity (Wildman–Crippen MR) is 143 cm³/mol. The van der Waals surface area contributed by atoms with Gasteiger partial charge in [-0.3, -0.25) is 4.90 Å². The van der Waals surface area contributed by atoms with Gasteiger partial charge in [0, 0.05) is 18.6 Å². The zero-order valence-corrected chi connectivity index (χ0v) is 22.0. The summed E-state index contributed by atoms with van der Waals surface area (Å²) in [6, 6.07) is 14.0. The molecule has 6 rings (SSSR count). The predicted octanol–water partition coefficient (Wildman–Crippen LogP) is 2.07. The summed E-state index contributed by atoms with van der Waals surface area (Å²) in [6.07, 6.45) is -3.49. The van der Waals surface area contributed by atoms with Crippen LogP contribution in [0, 0.1) is 0 Å². The molecule has 10 heteroatoms. The molecule has 6 N–H and O–H groups in total. The smallest absolute Gasteiger partial charge is 0.229 e. The van der Waals surface area contributed by atoms with Gasteiger partial charge >= 0.3 is 0 Å². The molecule has 6 atom stereocenters. The minimum absolute atomic E-state index is 0.0285. The normalized spacial score (nSPS) is 27.8. The number of aliphatic hydroxyl groups is 3. The topological polar surface area (TPSA) is 152 Å². The fourth-order valence-electron chi connectivity index (χ4n) is 6.19. The van der Waals surface area contributed by atoms with Gasteiger partial charge in [-0.2, -0.15) is 0 Å². The highest BCUT2D eigenvalue weighted by Crippen LogP contribution is 2.49. The Hall–Kier alpha value is -3.54. The van der Waals surface area contributed by atoms with E-state index >= 15 is 0 Å². The van der Waals surface area contributed by atoms with Gasteiger partial charge in [-0.1, -0.05) is 12.1 Å². The van der Waals surface area contributed by atoms with Crippen LogP contribution < -0.4 is 9.47 Å². The fourth-order valence-corrected chi connectivity index (χ4v) is 6.19. The number of phenolic OH excluding ortho intramolecular Hbond substituents is 3. The van der Waals surface area contributed by atoms with Crippen LogP contribution in [0.25, 0.3) is 0 Å². The molecule has 0 unspecified atom stereocenters. The molecule has 3 heterocycles. The lowest BCUT2D eigenvalue weighted by Gasteiger charge is -2.47. The largest absolute Gasteiger partial charge is 0.508 e. The molecule has 212 valence electrons. The summed E-state index contributed by atoms with van der Waals surface area (Å²) in [5, 5.41) is 61.4. The second-order valence-electron chi connectivity index (χ2n) is 10.7. The van der Waals surface area contributed by atoms with Gasteiger partial charge in [0.15, 0.2) is 23.0 Å². The van der Waals surface area contributed by atoms with Crippen LogP contribution in [0.4, 0.5) is 0 Å². The highest BCUT2D eigenvalue weighted by molar-refractivity contribution is 5.53. The lowest BCUT2D eigenvalue weighted by atomic mass is 9.79. The molecule has 0 bridgehead atoms. The fraction of sp³-hybridized carbons (Fsp3) is 0.400. The van der Waals surface area contributed by atoms with Crippen LogP contribution in [0.1, 0.15) is 39.9 Å². The SMILES string of the molecule is COc1cc2c(cc1O)CCN1[C@@H](Cc3ccc(O)cc3)c3cc(O[C@@H]4OC[C@@H](O)[C@H](O)[C@H]4O)c(O)cc3C[C@@H]21. The first-order valence-electron chi connectivity index (χ1n) is 13.3. The number of hydrogen-bond acceptors (Lipinski definition) is 10. The number of rotatable bonds is 5. The van der Waals surface area contributed by atoms with Crippen LogP contribution in [0.3, 0.4) is 0 Å². The van der Waals surface area contributed by atoms with Gasteiger partial charge in [-0.15, -0.1) is 0 Å². The number of methoxy groups -OCH3 is 1. The Kier molecular flexibility index (Phi) is 6.97. The molecule has 3 aliphatic heterocycles. The van der Waals surface area contributed by atoms with E-state index in [9.17, 15) is 30.6 Å². The standard InChI is InChI=1S/C30H33NO9/c1-38-26-12-19-16(10-23(26)33)6-7-31-21(8-15-2-4-18(32)5-3-15)20-13-27(24(34)11-17(20)9-22(19)31)40-30-29(37)28(36)25(35)14-39-30/h2-5,10-13,21-22,25,28-30,32-37H,6-9,14H2,1H3/t21-,22-,25+,28-,29+,30-/m0/s1. The summed E-state index contributed by atoms with van der Waals surface area (Å²) in [5.74, 6) is 0.668. The molecule has 0 aromatic heterocycles. The molecule has 10 nitrogen and oxygen atoms in total. The van der Waals surface area contributed by atoms with Crippen molar-refractivity contribution < 1.29 is 44.8 Å². The van der Waals surface area contributed by atoms with Crippen molar-refractivity contribution in [1.82, 2.24) is 4.90 Å². The summed E-state index contributed by atoms with van der Waals surface area (Å²) in [6.45, 7) is 0.517. The highest BCUT2D eigenvalue weighted by Gasteiger charge is 2.42. The van der Waals surface area contributed by atoms with Crippen molar-refractivity contribution >= 4 is 0 Å². The number of hydrogen-bond donors (Lipinski definition) is 6. The van der Waals surface area contributed by atoms with Gasteiger partial charge < -0.3 is 44.8 Å². The van der Waals surface area contributed by atoms with E-state index in [0.29, 0.717) is 18.6 Å². The molecule has 3 aromatic rings. The van der Waals surface area contributed by atoms with Gasteiger partial charge in [0.05, 0.1) is 13.7 Å². The van der Waals surface area contributed by atoms with Gasteiger partial charge in [0.1, 0.15) is 24.1 Å². The number of aliphatic hydroxyl groups excluding tert-OH is 3. The van der Waals surface area contributed by atoms with E-state index in [-0.39, 0.29) is 41.7 Å². The molecule has 0 amide bonds. The second-order valence-corrected chi connectivity index (χ2v) is 10.7. The Labute approximate surface area is 231 Å². The first-order valence-corrected chi connectivity index (χ1v) is 13.3. The molecule has 3 aliphatic rings. The highest BCUT2D eigenvalue weighted by atomic mass is 16.7. The molecular weight excluding hydrogens is 518 g/mol. The average molecular weight is 552 g/mol. The summed E-state index contributed by atoms with van der Waals surface area (Å²) in [5.41, 5.74) is 5.00. The number of aromatic hydroxyl groups is 3. The Balaban J connectivity index is 1.40. The van der Waals surface area contributed by atoms with Crippen molar-refractivity contribution in [3.05, 3.63) is 76.3 Å². The summed E-state index contributed by atoms with van der Waals surface area (Å²) < 4.78 is 16.7. The summed E-state index contributed by atoms with van der Waals surface area (Å²) >= 11 is 0. The van der Waals surface area contributed by atoms with Crippen LogP contribution in [0.2, 0.25) is 0 Å². The lowest BCUT2D eigenvalue weighted by molar-refractivity contribution is -0.242. The zero-order chi connectivity index (χ0) is 28.1. The van der Waals surface area contributed by atoms with E-state index in [1.165, 1.54) is 7.11 Å². The van der Waals surface area contributed by atoms with Crippen molar-refractivity contribution in [3.63, 3.8) is 0 Å². The van der Waals surface area contributed by atoms with E-state index in [0.717, 1.165) is 40.8 Å². The second kappa shape index (κ2) is 10.5. The molecule has 1 fully saturated rings. The maximum atomic E-state index is 10.9. The monoisotopic (exact) mass is 551 g/mol. The van der Waals surface area contributed by atoms with Crippen molar-refractivity contribution in [2.75, 3.05) is 20.3 Å². The third kappa shape index (κ3) is 4.71. The molecule has 1 saturated heterocycles. The summed E-state index contributed by atoms with van der Waals surface area (Å²) in [4.78, 5) is 2.40. The Morgan fingerprint density at radius 1 is 0.875 bits per heavy atom. The number of phenols is 3. The first kappa shape index (κ1) is 26.7. The van der Waals surface area contributed by atoms with Crippen molar-refractivity contribution in [1.29, 1.82) is 0 Å². The number of fused-ring (bicyclic) bond motifs is 4. The number of ether oxygens (including phenoxy) is 3. The van der Waals surface area contributed by atoms with Crippen LogP contribution >= 0.6 is 0 Å². The Morgan fingerprint density at radius 3 is 2.33 bits per heavy atom. The van der Waals surface area contributed by atoms with Crippen molar-refractivity contribution in [3.8, 4) is 28.7 Å². The van der Waals surface area contributed by atoms with E-state index in [4.69, 9.17) is 14.2 Å². The quantitative estimate of drug-likeness (QED) is 0.278. The van der Waals surface area contributed by atoms with Crippen molar-refractivity contribution in [2.45, 2.75) is 55.9 Å². The lowest BCUT2D eigenvalue weighted by Crippen LogP contribution is -2.54. The van der Waals surface area contributed by atoms with Gasteiger partial charge in [-0.25, -0.2) is 0 Å². The Morgan fingerprint density at radius 2 is 1.57 bits per heavy atom. The maximum Gasteiger partial charge on any atom is 0.229 e. The van der Waals surface area contributed by atoms with Crippen LogP contribution in [0.15, 0.2) is 48.5 Å².